The van der Waals surface area contributed by atoms with E-state index in [1.165, 1.54) is 12.1 Å². The fourth-order valence-corrected chi connectivity index (χ4v) is 3.98. The molecule has 0 aromatic heterocycles. The van der Waals surface area contributed by atoms with Crippen LogP contribution in [0.25, 0.3) is 0 Å². The minimum Gasteiger partial charge on any atom is -0.481 e. The number of carbonyl (C=O) groups is 6. The van der Waals surface area contributed by atoms with Crippen molar-refractivity contribution in [3.05, 3.63) is 29.8 Å². The van der Waals surface area contributed by atoms with Crippen LogP contribution in [-0.4, -0.2) is 81.3 Å². The summed E-state index contributed by atoms with van der Waals surface area (Å²) in [6, 6.07) is 3.09. The number of fused-ring (bicyclic) bond motifs is 1. The molecule has 2 aliphatic rings. The van der Waals surface area contributed by atoms with Crippen molar-refractivity contribution in [1.82, 2.24) is 25.8 Å². The molecule has 5 N–H and O–H groups in total. The smallest absolute Gasteiger partial charge is 0.358 e. The van der Waals surface area contributed by atoms with E-state index in [-0.39, 0.29) is 31.5 Å². The molecule has 2 fully saturated rings. The average molecular weight is 493 g/mol. The third-order valence-corrected chi connectivity index (χ3v) is 5.89. The van der Waals surface area contributed by atoms with Gasteiger partial charge in [-0.1, -0.05) is 0 Å². The number of aldehydes is 1. The van der Waals surface area contributed by atoms with Crippen molar-refractivity contribution in [2.75, 3.05) is 13.1 Å². The minimum absolute atomic E-state index is 0.0877. The third kappa shape index (κ3) is 5.63. The molecule has 0 bridgehead atoms. The molecule has 13 nitrogen and oxygen atoms in total. The molecule has 1 aromatic carbocycles. The highest BCUT2D eigenvalue weighted by Gasteiger charge is 2.44. The van der Waals surface area contributed by atoms with Crippen molar-refractivity contribution in [2.45, 2.75) is 42.7 Å². The zero-order chi connectivity index (χ0) is 24.8. The second kappa shape index (κ2) is 11.0. The molecule has 2 unspecified atom stereocenters. The van der Waals surface area contributed by atoms with Crippen molar-refractivity contribution in [1.29, 1.82) is 0 Å². The van der Waals surface area contributed by atoms with Crippen molar-refractivity contribution in [2.24, 2.45) is 5.14 Å². The molecule has 2 heterocycles. The van der Waals surface area contributed by atoms with Crippen molar-refractivity contribution < 1.29 is 33.9 Å². The van der Waals surface area contributed by atoms with Crippen molar-refractivity contribution in [3.8, 4) is 0 Å². The van der Waals surface area contributed by atoms with E-state index in [1.54, 1.807) is 12.1 Å². The standard InChI is InChI=1S/C20H24N6O7S/c21-34-14-5-3-12(4-6-14)18(31)23-24-9-7-16(28)25-8-1-2-15(26(25)20(24)33)19(32)22-13(11-27)10-17(29)30/h3-6,11,13,15H,1-2,7-10,21H2,(H,22,32)(H,23,31)(H,29,30). The second-order valence-electron chi connectivity index (χ2n) is 7.64. The fourth-order valence-electron chi connectivity index (χ4n) is 3.69. The maximum Gasteiger partial charge on any atom is 0.358 e. The van der Waals surface area contributed by atoms with Crippen LogP contribution in [0.4, 0.5) is 4.79 Å². The molecular weight excluding hydrogens is 468 g/mol. The lowest BCUT2D eigenvalue weighted by molar-refractivity contribution is -0.155. The molecule has 182 valence electrons. The zero-order valence-electron chi connectivity index (χ0n) is 18.0. The SMILES string of the molecule is NSc1ccc(C(=O)NN2CCC(=O)N3CCCC(C(=O)NC(C=O)CC(=O)O)N3C2=O)cc1. The molecule has 0 radical (unpaired) electrons. The highest BCUT2D eigenvalue weighted by Crippen LogP contribution is 2.24. The number of nitrogens with zero attached hydrogens (tertiary/aromatic N) is 3. The number of nitrogens with one attached hydrogen (secondary N) is 2. The van der Waals surface area contributed by atoms with E-state index in [0.717, 1.165) is 31.9 Å². The Morgan fingerprint density at radius 1 is 1.21 bits per heavy atom. The van der Waals surface area contributed by atoms with Gasteiger partial charge in [0.15, 0.2) is 0 Å². The number of nitrogens with two attached hydrogens (primary N) is 1. The summed E-state index contributed by atoms with van der Waals surface area (Å²) < 4.78 is 0. The van der Waals surface area contributed by atoms with E-state index in [2.05, 4.69) is 10.7 Å². The van der Waals surface area contributed by atoms with Gasteiger partial charge in [-0.25, -0.2) is 19.8 Å². The van der Waals surface area contributed by atoms with Gasteiger partial charge in [-0.3, -0.25) is 29.7 Å². The van der Waals surface area contributed by atoms with Crippen LogP contribution in [0.15, 0.2) is 29.2 Å². The lowest BCUT2D eigenvalue weighted by Gasteiger charge is -2.42. The van der Waals surface area contributed by atoms with Gasteiger partial charge < -0.3 is 15.2 Å². The monoisotopic (exact) mass is 492 g/mol. The Labute approximate surface area is 198 Å². The van der Waals surface area contributed by atoms with Crippen LogP contribution in [0.3, 0.4) is 0 Å². The number of aliphatic carboxylic acids is 1. The highest BCUT2D eigenvalue weighted by molar-refractivity contribution is 7.97. The van der Waals surface area contributed by atoms with Crippen LogP contribution < -0.4 is 15.9 Å². The zero-order valence-corrected chi connectivity index (χ0v) is 18.8. The Balaban J connectivity index is 1.79. The lowest BCUT2D eigenvalue weighted by Crippen LogP contribution is -2.64. The first-order chi connectivity index (χ1) is 16.2. The van der Waals surface area contributed by atoms with Crippen LogP contribution >= 0.6 is 11.9 Å². The minimum atomic E-state index is -1.29. The molecule has 0 spiro atoms. The first-order valence-corrected chi connectivity index (χ1v) is 11.3. The Morgan fingerprint density at radius 3 is 2.53 bits per heavy atom. The van der Waals surface area contributed by atoms with Gasteiger partial charge in [0.2, 0.25) is 11.8 Å². The first kappa shape index (κ1) is 25.0. The number of benzene rings is 1. The predicted octanol–water partition coefficient (Wildman–Crippen LogP) is -0.511. The maximum atomic E-state index is 13.3. The molecule has 1 aromatic rings. The van der Waals surface area contributed by atoms with Crippen LogP contribution in [0, 0.1) is 0 Å². The number of hydrogen-bond acceptors (Lipinski definition) is 8. The Morgan fingerprint density at radius 2 is 1.91 bits per heavy atom. The van der Waals surface area contributed by atoms with E-state index in [1.807, 2.05) is 0 Å². The van der Waals surface area contributed by atoms with Gasteiger partial charge in [-0.05, 0) is 49.1 Å². The number of carboxylic acid groups (broad SMARTS) is 1. The summed E-state index contributed by atoms with van der Waals surface area (Å²) in [6.07, 6.45) is 0.178. The quantitative estimate of drug-likeness (QED) is 0.274. The summed E-state index contributed by atoms with van der Waals surface area (Å²) in [7, 11) is 0. The summed E-state index contributed by atoms with van der Waals surface area (Å²) in [5.41, 5.74) is 2.73. The van der Waals surface area contributed by atoms with Gasteiger partial charge in [0, 0.05) is 23.4 Å². The van der Waals surface area contributed by atoms with Crippen LogP contribution in [0.5, 0.6) is 0 Å². The van der Waals surface area contributed by atoms with Gasteiger partial charge in [-0.15, -0.1) is 0 Å². The van der Waals surface area contributed by atoms with E-state index in [0.29, 0.717) is 12.7 Å². The molecule has 5 amide bonds. The van der Waals surface area contributed by atoms with Crippen LogP contribution in [-0.2, 0) is 19.2 Å². The van der Waals surface area contributed by atoms with Gasteiger partial charge in [0.05, 0.1) is 19.0 Å². The topological polar surface area (TPSA) is 182 Å². The molecule has 2 saturated heterocycles. The van der Waals surface area contributed by atoms with Crippen molar-refractivity contribution in [3.63, 3.8) is 0 Å². The average Bonchev–Trinajstić information content (AvgIpc) is 2.95. The molecule has 34 heavy (non-hydrogen) atoms. The number of rotatable bonds is 8. The largest absolute Gasteiger partial charge is 0.481 e. The highest BCUT2D eigenvalue weighted by atomic mass is 32.2. The molecular formula is C20H24N6O7S. The Kier molecular flexibility index (Phi) is 8.07. The maximum absolute atomic E-state index is 13.3. The predicted molar refractivity (Wildman–Crippen MR) is 117 cm³/mol. The normalized spacial score (nSPS) is 19.1. The van der Waals surface area contributed by atoms with Crippen molar-refractivity contribution >= 4 is 48.0 Å². The molecule has 0 saturated carbocycles. The third-order valence-electron chi connectivity index (χ3n) is 5.35. The van der Waals surface area contributed by atoms with Crippen LogP contribution in [0.2, 0.25) is 0 Å². The number of carboxylic acids is 1. The first-order valence-electron chi connectivity index (χ1n) is 10.4. The molecule has 14 heteroatoms. The summed E-state index contributed by atoms with van der Waals surface area (Å²) >= 11 is 1.01. The second-order valence-corrected chi connectivity index (χ2v) is 8.34. The number of amides is 5. The number of carbonyl (C=O) groups excluding carboxylic acids is 5. The number of urea groups is 1. The molecule has 0 aliphatic carbocycles. The van der Waals surface area contributed by atoms with E-state index in [4.69, 9.17) is 10.2 Å². The molecule has 3 rings (SSSR count). The van der Waals surface area contributed by atoms with E-state index in [9.17, 15) is 28.8 Å². The molecule has 2 aliphatic heterocycles. The van der Waals surface area contributed by atoms with Gasteiger partial charge >= 0.3 is 12.0 Å². The lowest BCUT2D eigenvalue weighted by atomic mass is 10.1. The Bertz CT molecular complexity index is 988. The van der Waals surface area contributed by atoms with Crippen LogP contribution in [0.1, 0.15) is 36.0 Å². The fraction of sp³-hybridized carbons (Fsp3) is 0.400. The summed E-state index contributed by atoms with van der Waals surface area (Å²) in [5, 5.41) is 19.8. The number of hydrogen-bond donors (Lipinski definition) is 4. The van der Waals surface area contributed by atoms with Gasteiger partial charge in [0.25, 0.3) is 5.91 Å². The Hall–Kier alpha value is -3.65. The van der Waals surface area contributed by atoms with E-state index < -0.39 is 48.2 Å². The van der Waals surface area contributed by atoms with Gasteiger partial charge in [0.1, 0.15) is 12.3 Å². The summed E-state index contributed by atoms with van der Waals surface area (Å²) in [6.45, 7) is 0.0814. The van der Waals surface area contributed by atoms with E-state index >= 15 is 0 Å². The number of hydrazine groups is 2. The summed E-state index contributed by atoms with van der Waals surface area (Å²) in [4.78, 5) is 74.4. The summed E-state index contributed by atoms with van der Waals surface area (Å²) in [5.74, 6) is -3.06. The molecule has 2 atom stereocenters. The van der Waals surface area contributed by atoms with Gasteiger partial charge in [-0.2, -0.15) is 0 Å².